The minimum atomic E-state index is -4.25. The Morgan fingerprint density at radius 1 is 0.483 bits per heavy atom. The predicted molar refractivity (Wildman–Crippen MR) is 80.4 cm³/mol. The van der Waals surface area contributed by atoms with Gasteiger partial charge in [0.1, 0.15) is 16.2 Å². The summed E-state index contributed by atoms with van der Waals surface area (Å²) in [6.07, 6.45) is 0.155. The van der Waals surface area contributed by atoms with E-state index in [1.54, 1.807) is 0 Å². The van der Waals surface area contributed by atoms with E-state index >= 15 is 0 Å². The van der Waals surface area contributed by atoms with Crippen molar-refractivity contribution < 1.29 is 69.3 Å². The molecule has 0 radical (unpaired) electrons. The highest BCUT2D eigenvalue weighted by molar-refractivity contribution is 6.23. The topological polar surface area (TPSA) is 261 Å². The lowest BCUT2D eigenvalue weighted by atomic mass is 9.50. The number of carbonyl (C=O) groups is 7. The molecule has 0 aromatic carbocycles. The Kier molecular flexibility index (Phi) is 3.90. The van der Waals surface area contributed by atoms with Crippen LogP contribution < -0.4 is 0 Å². The second-order valence-corrected chi connectivity index (χ2v) is 6.71. The first-order valence-electron chi connectivity index (χ1n) is 7.40. The number of hydrogen-bond donors (Lipinski definition) is 7. The second kappa shape index (κ2) is 5.30. The molecule has 14 nitrogen and oxygen atoms in total. The fourth-order valence-electron chi connectivity index (χ4n) is 5.24. The molecule has 2 rings (SSSR count). The number of carboxylic acid groups (broad SMARTS) is 7. The standard InChI is InChI=1S/C15H12O14/c1-11(4(16)17)12(5(18)19)2-3-13(6(20)21,14(11,7(22)23)8(24)25)15(12,9(26)27)10(28)29/h2-3H,1H3,(H,16,17)(H,18,19)(H,20,21)(H,22,23)(H,24,25)(H,26,27)(H,28,29). The van der Waals surface area contributed by atoms with Crippen LogP contribution in [0.15, 0.2) is 12.2 Å². The maximum Gasteiger partial charge on any atom is 0.324 e. The molecule has 14 heteroatoms. The zero-order valence-corrected chi connectivity index (χ0v) is 14.1. The SMILES string of the molecule is CC1(C(=O)O)C2(C(=O)O)C=CC(C(=O)O)(C1(C(=O)O)C(=O)O)C2(C(=O)O)C(=O)O. The molecule has 0 aromatic heterocycles. The van der Waals surface area contributed by atoms with Gasteiger partial charge < -0.3 is 35.7 Å². The molecule has 0 aromatic rings. The van der Waals surface area contributed by atoms with Crippen LogP contribution in [0.1, 0.15) is 6.92 Å². The smallest absolute Gasteiger partial charge is 0.324 e. The van der Waals surface area contributed by atoms with Crippen LogP contribution in [0, 0.1) is 27.1 Å². The van der Waals surface area contributed by atoms with Crippen molar-refractivity contribution in [1.29, 1.82) is 0 Å². The summed E-state index contributed by atoms with van der Waals surface area (Å²) in [6, 6.07) is 0. The highest BCUT2D eigenvalue weighted by atomic mass is 16.4. The van der Waals surface area contributed by atoms with Gasteiger partial charge in [0.25, 0.3) is 0 Å². The average molecular weight is 416 g/mol. The van der Waals surface area contributed by atoms with E-state index in [0.717, 1.165) is 0 Å². The van der Waals surface area contributed by atoms with Crippen LogP contribution in [-0.2, 0) is 33.6 Å². The molecule has 7 N–H and O–H groups in total. The Hall–Kier alpha value is -3.97. The molecule has 2 bridgehead atoms. The number of carboxylic acids is 7. The molecule has 0 spiro atoms. The zero-order chi connectivity index (χ0) is 23.0. The van der Waals surface area contributed by atoms with Gasteiger partial charge in [-0.2, -0.15) is 0 Å². The van der Waals surface area contributed by atoms with Crippen molar-refractivity contribution in [3.63, 3.8) is 0 Å². The third kappa shape index (κ3) is 1.44. The molecule has 0 heterocycles. The molecule has 1 saturated carbocycles. The first-order chi connectivity index (χ1) is 13.1. The van der Waals surface area contributed by atoms with E-state index < -0.39 is 68.9 Å². The summed E-state index contributed by atoms with van der Waals surface area (Å²) in [5.41, 5.74) is -20.1. The molecule has 2 aliphatic rings. The number of hydrogen-bond acceptors (Lipinski definition) is 7. The summed E-state index contributed by atoms with van der Waals surface area (Å²) in [7, 11) is 0. The van der Waals surface area contributed by atoms with Crippen molar-refractivity contribution in [3.8, 4) is 0 Å². The first kappa shape index (κ1) is 21.3. The van der Waals surface area contributed by atoms with E-state index in [-0.39, 0.29) is 19.1 Å². The van der Waals surface area contributed by atoms with E-state index in [0.29, 0.717) is 0 Å². The van der Waals surface area contributed by atoms with Crippen LogP contribution >= 0.6 is 0 Å². The monoisotopic (exact) mass is 416 g/mol. The van der Waals surface area contributed by atoms with Crippen molar-refractivity contribution in [2.75, 3.05) is 0 Å². The third-order valence-electron chi connectivity index (χ3n) is 6.28. The molecular formula is C15H12O14. The van der Waals surface area contributed by atoms with Gasteiger partial charge in [-0.1, -0.05) is 12.2 Å². The molecule has 0 amide bonds. The van der Waals surface area contributed by atoms with Gasteiger partial charge in [-0.15, -0.1) is 0 Å². The van der Waals surface area contributed by atoms with Gasteiger partial charge in [-0.25, -0.2) is 0 Å². The molecule has 3 atom stereocenters. The largest absolute Gasteiger partial charge is 0.481 e. The maximum atomic E-state index is 12.2. The van der Waals surface area contributed by atoms with Crippen molar-refractivity contribution in [2.45, 2.75) is 6.92 Å². The summed E-state index contributed by atoms with van der Waals surface area (Å²) >= 11 is 0. The van der Waals surface area contributed by atoms with Gasteiger partial charge in [0.2, 0.25) is 10.8 Å². The molecule has 3 unspecified atom stereocenters. The van der Waals surface area contributed by atoms with Crippen LogP contribution in [0.2, 0.25) is 0 Å². The third-order valence-corrected chi connectivity index (χ3v) is 6.28. The van der Waals surface area contributed by atoms with E-state index in [1.807, 2.05) is 0 Å². The maximum absolute atomic E-state index is 12.2. The Balaban J connectivity index is 3.51. The summed E-state index contributed by atoms with van der Waals surface area (Å²) in [6.45, 7) is 0.195. The minimum absolute atomic E-state index is 0.0264. The van der Waals surface area contributed by atoms with E-state index in [9.17, 15) is 69.3 Å². The van der Waals surface area contributed by atoms with Crippen LogP contribution in [0.25, 0.3) is 0 Å². The number of fused-ring (bicyclic) bond motifs is 2. The lowest BCUT2D eigenvalue weighted by Crippen LogP contribution is -2.66. The molecule has 1 fully saturated rings. The normalized spacial score (nSPS) is 33.0. The summed E-state index contributed by atoms with van der Waals surface area (Å²) in [5, 5.41) is 68.2. The molecule has 2 aliphatic carbocycles. The van der Waals surface area contributed by atoms with Crippen LogP contribution in [0.3, 0.4) is 0 Å². The van der Waals surface area contributed by atoms with Crippen molar-refractivity contribution in [3.05, 3.63) is 12.2 Å². The zero-order valence-electron chi connectivity index (χ0n) is 14.1. The molecule has 29 heavy (non-hydrogen) atoms. The van der Waals surface area contributed by atoms with E-state index in [4.69, 9.17) is 0 Å². The van der Waals surface area contributed by atoms with Crippen molar-refractivity contribution >= 4 is 41.8 Å². The Labute approximate surface area is 158 Å². The number of rotatable bonds is 7. The predicted octanol–water partition coefficient (Wildman–Crippen LogP) is -1.89. The van der Waals surface area contributed by atoms with Gasteiger partial charge >= 0.3 is 41.8 Å². The fraction of sp³-hybridized carbons (Fsp3) is 0.400. The van der Waals surface area contributed by atoms with E-state index in [2.05, 4.69) is 0 Å². The summed E-state index contributed by atoms with van der Waals surface area (Å²) < 4.78 is 0. The lowest BCUT2D eigenvalue weighted by Gasteiger charge is -2.45. The van der Waals surface area contributed by atoms with Crippen LogP contribution in [0.4, 0.5) is 0 Å². The van der Waals surface area contributed by atoms with Gasteiger partial charge in [0.05, 0.1) is 0 Å². The van der Waals surface area contributed by atoms with E-state index in [1.165, 1.54) is 0 Å². The summed E-state index contributed by atoms with van der Waals surface area (Å²) in [5.74, 6) is -18.7. The average Bonchev–Trinajstić information content (AvgIpc) is 2.97. The second-order valence-electron chi connectivity index (χ2n) is 6.71. The Morgan fingerprint density at radius 2 is 0.793 bits per heavy atom. The molecular weight excluding hydrogens is 404 g/mol. The Bertz CT molecular complexity index is 930. The van der Waals surface area contributed by atoms with Gasteiger partial charge in [-0.3, -0.25) is 33.6 Å². The lowest BCUT2D eigenvalue weighted by molar-refractivity contribution is -0.201. The van der Waals surface area contributed by atoms with Crippen molar-refractivity contribution in [1.82, 2.24) is 0 Å². The van der Waals surface area contributed by atoms with Gasteiger partial charge in [0, 0.05) is 0 Å². The number of aliphatic carboxylic acids is 7. The van der Waals surface area contributed by atoms with Crippen LogP contribution in [-0.4, -0.2) is 77.5 Å². The molecule has 0 aliphatic heterocycles. The quantitative estimate of drug-likeness (QED) is 0.177. The summed E-state index contributed by atoms with van der Waals surface area (Å²) in [4.78, 5) is 85.2. The van der Waals surface area contributed by atoms with Gasteiger partial charge in [0.15, 0.2) is 0 Å². The fourth-order valence-corrected chi connectivity index (χ4v) is 5.24. The molecule has 156 valence electrons. The molecule has 0 saturated heterocycles. The minimum Gasteiger partial charge on any atom is -0.481 e. The highest BCUT2D eigenvalue weighted by Gasteiger charge is 3.03. The van der Waals surface area contributed by atoms with Crippen molar-refractivity contribution in [2.24, 2.45) is 27.1 Å². The van der Waals surface area contributed by atoms with Gasteiger partial charge in [-0.05, 0) is 6.92 Å². The Morgan fingerprint density at radius 3 is 1.03 bits per heavy atom. The highest BCUT2D eigenvalue weighted by Crippen LogP contribution is 2.83. The first-order valence-corrected chi connectivity index (χ1v) is 7.40. The van der Waals surface area contributed by atoms with Crippen LogP contribution in [0.5, 0.6) is 0 Å².